The molecule has 3 heteroatoms. The summed E-state index contributed by atoms with van der Waals surface area (Å²) in [6.07, 6.45) is 0. The maximum Gasteiger partial charge on any atom is 0.164 e. The van der Waals surface area contributed by atoms with Crippen LogP contribution in [0.2, 0.25) is 0 Å². The SMILES string of the molecule is Fc1c(-c2ccc(-c3ccccc3)cc2)nc2c(oc3ccccc32)c1-c1ccccc1. The molecule has 6 rings (SSSR count). The lowest BCUT2D eigenvalue weighted by Crippen LogP contribution is -1.95. The summed E-state index contributed by atoms with van der Waals surface area (Å²) in [6.45, 7) is 0. The van der Waals surface area contributed by atoms with E-state index in [9.17, 15) is 0 Å². The summed E-state index contributed by atoms with van der Waals surface area (Å²) in [5.74, 6) is -0.379. The highest BCUT2D eigenvalue weighted by Crippen LogP contribution is 2.40. The topological polar surface area (TPSA) is 26.0 Å². The van der Waals surface area contributed by atoms with E-state index in [0.717, 1.165) is 27.6 Å². The Bertz CT molecular complexity index is 1550. The summed E-state index contributed by atoms with van der Waals surface area (Å²) in [4.78, 5) is 4.75. The third-order valence-corrected chi connectivity index (χ3v) is 5.78. The van der Waals surface area contributed by atoms with Crippen molar-refractivity contribution in [3.63, 3.8) is 0 Å². The van der Waals surface area contributed by atoms with Gasteiger partial charge < -0.3 is 4.42 Å². The highest BCUT2D eigenvalue weighted by Gasteiger charge is 2.22. The molecular formula is C29H18FNO. The van der Waals surface area contributed by atoms with Crippen molar-refractivity contribution in [3.05, 3.63) is 115 Å². The van der Waals surface area contributed by atoms with E-state index in [1.807, 2.05) is 97.1 Å². The van der Waals surface area contributed by atoms with Crippen LogP contribution >= 0.6 is 0 Å². The van der Waals surface area contributed by atoms with Crippen LogP contribution in [0.4, 0.5) is 4.39 Å². The van der Waals surface area contributed by atoms with Gasteiger partial charge in [0.25, 0.3) is 0 Å². The first-order valence-corrected chi connectivity index (χ1v) is 10.5. The van der Waals surface area contributed by atoms with Gasteiger partial charge in [0.05, 0.1) is 5.56 Å². The molecule has 0 atom stereocenters. The van der Waals surface area contributed by atoms with Crippen molar-refractivity contribution in [1.29, 1.82) is 0 Å². The predicted octanol–water partition coefficient (Wildman–Crippen LogP) is 8.12. The van der Waals surface area contributed by atoms with Gasteiger partial charge in [-0.3, -0.25) is 0 Å². The summed E-state index contributed by atoms with van der Waals surface area (Å²) in [5, 5.41) is 0.877. The van der Waals surface area contributed by atoms with E-state index in [-0.39, 0.29) is 5.82 Å². The molecule has 0 aliphatic rings. The normalized spacial score (nSPS) is 11.3. The molecule has 0 radical (unpaired) electrons. The quantitative estimate of drug-likeness (QED) is 0.292. The standard InChI is InChI=1S/C29H18FNO/c30-26-25(21-11-5-2-6-12-21)29-28(23-13-7-8-14-24(23)32-29)31-27(26)22-17-15-20(16-18-22)19-9-3-1-4-10-19/h1-18H. The van der Waals surface area contributed by atoms with Gasteiger partial charge in [0, 0.05) is 10.9 Å². The van der Waals surface area contributed by atoms with E-state index >= 15 is 4.39 Å². The first kappa shape index (κ1) is 18.5. The molecule has 0 spiro atoms. The highest BCUT2D eigenvalue weighted by atomic mass is 19.1. The molecule has 152 valence electrons. The van der Waals surface area contributed by atoms with Gasteiger partial charge in [-0.1, -0.05) is 97.1 Å². The first-order chi connectivity index (χ1) is 15.8. The Labute approximate surface area is 184 Å². The molecule has 32 heavy (non-hydrogen) atoms. The Hall–Kier alpha value is -4.24. The number of para-hydroxylation sites is 1. The van der Waals surface area contributed by atoms with Gasteiger partial charge >= 0.3 is 0 Å². The number of rotatable bonds is 3. The summed E-state index contributed by atoms with van der Waals surface area (Å²) in [5.41, 5.74) is 6.29. The lowest BCUT2D eigenvalue weighted by Gasteiger charge is -2.10. The minimum atomic E-state index is -0.379. The number of hydrogen-bond acceptors (Lipinski definition) is 2. The molecule has 2 nitrogen and oxygen atoms in total. The number of pyridine rings is 1. The summed E-state index contributed by atoms with van der Waals surface area (Å²) in [7, 11) is 0. The van der Waals surface area contributed by atoms with E-state index in [4.69, 9.17) is 9.40 Å². The molecular weight excluding hydrogens is 397 g/mol. The van der Waals surface area contributed by atoms with E-state index < -0.39 is 0 Å². The molecule has 0 N–H and O–H groups in total. The first-order valence-electron chi connectivity index (χ1n) is 10.5. The second-order valence-electron chi connectivity index (χ2n) is 7.73. The zero-order valence-electron chi connectivity index (χ0n) is 17.1. The predicted molar refractivity (Wildman–Crippen MR) is 128 cm³/mol. The summed E-state index contributed by atoms with van der Waals surface area (Å²) >= 11 is 0. The number of benzene rings is 4. The van der Waals surface area contributed by atoms with Gasteiger partial charge in [0.15, 0.2) is 11.4 Å². The van der Waals surface area contributed by atoms with Crippen LogP contribution in [0, 0.1) is 5.82 Å². The molecule has 0 amide bonds. The van der Waals surface area contributed by atoms with Crippen molar-refractivity contribution in [2.45, 2.75) is 0 Å². The Morgan fingerprint density at radius 3 is 1.84 bits per heavy atom. The monoisotopic (exact) mass is 415 g/mol. The Morgan fingerprint density at radius 1 is 0.562 bits per heavy atom. The average molecular weight is 415 g/mol. The minimum absolute atomic E-state index is 0.322. The van der Waals surface area contributed by atoms with Crippen LogP contribution in [0.3, 0.4) is 0 Å². The minimum Gasteiger partial charge on any atom is -0.454 e. The van der Waals surface area contributed by atoms with E-state index in [2.05, 4.69) is 12.1 Å². The third kappa shape index (κ3) is 2.98. The van der Waals surface area contributed by atoms with Crippen LogP contribution in [-0.4, -0.2) is 4.98 Å². The molecule has 0 aliphatic carbocycles. The number of halogens is 1. The van der Waals surface area contributed by atoms with Crippen molar-refractivity contribution in [2.24, 2.45) is 0 Å². The van der Waals surface area contributed by atoms with E-state index in [1.165, 1.54) is 0 Å². The Morgan fingerprint density at radius 2 is 1.12 bits per heavy atom. The molecule has 2 heterocycles. The summed E-state index contributed by atoms with van der Waals surface area (Å²) in [6, 6.07) is 35.2. The van der Waals surface area contributed by atoms with Gasteiger partial charge in [-0.25, -0.2) is 9.37 Å². The highest BCUT2D eigenvalue weighted by molar-refractivity contribution is 6.08. The maximum absolute atomic E-state index is 16.0. The fraction of sp³-hybridized carbons (Fsp3) is 0. The zero-order valence-corrected chi connectivity index (χ0v) is 17.1. The van der Waals surface area contributed by atoms with Crippen LogP contribution in [0.15, 0.2) is 114 Å². The van der Waals surface area contributed by atoms with Crippen molar-refractivity contribution in [2.75, 3.05) is 0 Å². The van der Waals surface area contributed by atoms with Crippen molar-refractivity contribution in [3.8, 4) is 33.5 Å². The van der Waals surface area contributed by atoms with Gasteiger partial charge in [0.2, 0.25) is 0 Å². The smallest absolute Gasteiger partial charge is 0.164 e. The molecule has 0 unspecified atom stereocenters. The molecule has 2 aromatic heterocycles. The van der Waals surface area contributed by atoms with Crippen molar-refractivity contribution in [1.82, 2.24) is 4.98 Å². The fourth-order valence-electron chi connectivity index (χ4n) is 4.20. The molecule has 0 saturated carbocycles. The van der Waals surface area contributed by atoms with Gasteiger partial charge in [-0.2, -0.15) is 0 Å². The van der Waals surface area contributed by atoms with Gasteiger partial charge in [0.1, 0.15) is 16.8 Å². The Balaban J connectivity index is 1.60. The number of nitrogens with zero attached hydrogens (tertiary/aromatic N) is 1. The molecule has 0 bridgehead atoms. The van der Waals surface area contributed by atoms with Crippen LogP contribution < -0.4 is 0 Å². The van der Waals surface area contributed by atoms with Crippen LogP contribution in [0.25, 0.3) is 55.6 Å². The number of fused-ring (bicyclic) bond motifs is 3. The molecule has 6 aromatic rings. The number of hydrogen-bond donors (Lipinski definition) is 0. The summed E-state index contributed by atoms with van der Waals surface area (Å²) < 4.78 is 22.1. The Kier molecular flexibility index (Phi) is 4.32. The molecule has 0 saturated heterocycles. The lowest BCUT2D eigenvalue weighted by molar-refractivity contribution is 0.620. The van der Waals surface area contributed by atoms with Gasteiger partial charge in [-0.05, 0) is 28.8 Å². The van der Waals surface area contributed by atoms with Crippen molar-refractivity contribution >= 4 is 22.1 Å². The molecule has 4 aromatic carbocycles. The van der Waals surface area contributed by atoms with Crippen molar-refractivity contribution < 1.29 is 8.81 Å². The second-order valence-corrected chi connectivity index (χ2v) is 7.73. The molecule has 0 aliphatic heterocycles. The van der Waals surface area contributed by atoms with Crippen LogP contribution in [0.1, 0.15) is 0 Å². The fourth-order valence-corrected chi connectivity index (χ4v) is 4.20. The van der Waals surface area contributed by atoms with E-state index in [1.54, 1.807) is 0 Å². The average Bonchev–Trinajstić information content (AvgIpc) is 3.23. The number of aromatic nitrogens is 1. The van der Waals surface area contributed by atoms with E-state index in [0.29, 0.717) is 27.9 Å². The lowest BCUT2D eigenvalue weighted by atomic mass is 9.99. The second kappa shape index (κ2) is 7.47. The number of furan rings is 1. The molecule has 0 fully saturated rings. The van der Waals surface area contributed by atoms with Crippen LogP contribution in [-0.2, 0) is 0 Å². The van der Waals surface area contributed by atoms with Gasteiger partial charge in [-0.15, -0.1) is 0 Å². The maximum atomic E-state index is 16.0. The van der Waals surface area contributed by atoms with Crippen LogP contribution in [0.5, 0.6) is 0 Å². The zero-order chi connectivity index (χ0) is 21.5. The third-order valence-electron chi connectivity index (χ3n) is 5.78. The largest absolute Gasteiger partial charge is 0.454 e.